The van der Waals surface area contributed by atoms with Crippen molar-refractivity contribution in [2.45, 2.75) is 0 Å². The highest BCUT2D eigenvalue weighted by molar-refractivity contribution is 6.02. The molecule has 0 atom stereocenters. The molecule has 2 aromatic heterocycles. The van der Waals surface area contributed by atoms with Gasteiger partial charge in [-0.1, -0.05) is 6.07 Å². The van der Waals surface area contributed by atoms with E-state index >= 15 is 0 Å². The molecule has 156 valence electrons. The first-order valence-corrected chi connectivity index (χ1v) is 9.67. The van der Waals surface area contributed by atoms with Crippen LogP contribution in [0.2, 0.25) is 0 Å². The van der Waals surface area contributed by atoms with E-state index < -0.39 is 5.97 Å². The SMILES string of the molecule is COC(=O)c1cnc(N2CCN(/C(=N\C#N)Nc3cccc4ncccc34)CC2)cn1. The number of methoxy groups -OCH3 is 1. The number of guanidine groups is 1. The lowest BCUT2D eigenvalue weighted by Gasteiger charge is -2.36. The van der Waals surface area contributed by atoms with Gasteiger partial charge < -0.3 is 19.9 Å². The van der Waals surface area contributed by atoms with Crippen molar-refractivity contribution in [3.05, 3.63) is 54.6 Å². The fraction of sp³-hybridized carbons (Fsp3) is 0.238. The molecule has 0 amide bonds. The van der Waals surface area contributed by atoms with Gasteiger partial charge in [-0.15, -0.1) is 4.99 Å². The van der Waals surface area contributed by atoms with Gasteiger partial charge in [-0.05, 0) is 24.3 Å². The summed E-state index contributed by atoms with van der Waals surface area (Å²) in [4.78, 5) is 32.4. The fourth-order valence-electron chi connectivity index (χ4n) is 3.40. The number of benzene rings is 1. The zero-order chi connectivity index (χ0) is 21.6. The molecule has 1 N–H and O–H groups in total. The smallest absolute Gasteiger partial charge is 0.358 e. The largest absolute Gasteiger partial charge is 0.464 e. The van der Waals surface area contributed by atoms with Crippen molar-refractivity contribution in [1.82, 2.24) is 19.9 Å². The summed E-state index contributed by atoms with van der Waals surface area (Å²) in [5, 5.41) is 13.4. The molecule has 0 bridgehead atoms. The number of carbonyl (C=O) groups excluding carboxylic acids is 1. The summed E-state index contributed by atoms with van der Waals surface area (Å²) >= 11 is 0. The molecule has 4 rings (SSSR count). The number of ether oxygens (including phenoxy) is 1. The molecule has 0 unspecified atom stereocenters. The third-order valence-corrected chi connectivity index (χ3v) is 4.98. The lowest BCUT2D eigenvalue weighted by atomic mass is 10.2. The van der Waals surface area contributed by atoms with E-state index in [9.17, 15) is 10.1 Å². The van der Waals surface area contributed by atoms with Crippen LogP contribution in [0.4, 0.5) is 11.5 Å². The molecule has 3 aromatic rings. The molecule has 0 aliphatic carbocycles. The number of hydrogen-bond acceptors (Lipinski definition) is 8. The van der Waals surface area contributed by atoms with Gasteiger partial charge in [-0.25, -0.2) is 14.8 Å². The van der Waals surface area contributed by atoms with Crippen LogP contribution >= 0.6 is 0 Å². The summed E-state index contributed by atoms with van der Waals surface area (Å²) in [6, 6.07) is 9.64. The number of esters is 1. The lowest BCUT2D eigenvalue weighted by molar-refractivity contribution is 0.0593. The number of nitriles is 1. The average Bonchev–Trinajstić information content (AvgIpc) is 2.84. The van der Waals surface area contributed by atoms with Crippen molar-refractivity contribution in [3.63, 3.8) is 0 Å². The Bertz CT molecular complexity index is 1140. The van der Waals surface area contributed by atoms with Gasteiger partial charge in [-0.3, -0.25) is 4.98 Å². The number of nitrogens with one attached hydrogen (secondary N) is 1. The molecule has 1 aliphatic rings. The molecule has 31 heavy (non-hydrogen) atoms. The zero-order valence-electron chi connectivity index (χ0n) is 16.9. The maximum atomic E-state index is 11.5. The number of rotatable bonds is 3. The van der Waals surface area contributed by atoms with Crippen LogP contribution < -0.4 is 10.2 Å². The number of anilines is 2. The van der Waals surface area contributed by atoms with E-state index in [1.807, 2.05) is 41.4 Å². The molecule has 1 fully saturated rings. The minimum atomic E-state index is -0.518. The van der Waals surface area contributed by atoms with E-state index in [1.54, 1.807) is 12.4 Å². The van der Waals surface area contributed by atoms with Crippen LogP contribution in [0.1, 0.15) is 10.5 Å². The normalized spacial score (nSPS) is 14.3. The molecule has 0 spiro atoms. The number of aliphatic imine (C=N–C) groups is 1. The van der Waals surface area contributed by atoms with E-state index in [0.717, 1.165) is 16.6 Å². The van der Waals surface area contributed by atoms with Crippen LogP contribution in [0.25, 0.3) is 10.9 Å². The van der Waals surface area contributed by atoms with Gasteiger partial charge in [0, 0.05) is 37.8 Å². The number of aromatic nitrogens is 3. The lowest BCUT2D eigenvalue weighted by Crippen LogP contribution is -2.51. The highest BCUT2D eigenvalue weighted by atomic mass is 16.5. The molecular formula is C21H20N8O2. The summed E-state index contributed by atoms with van der Waals surface area (Å²) in [5.74, 6) is 0.653. The van der Waals surface area contributed by atoms with Crippen LogP contribution in [0, 0.1) is 11.5 Å². The first kappa shape index (κ1) is 20.0. The quantitative estimate of drug-likeness (QED) is 0.295. The summed E-state index contributed by atoms with van der Waals surface area (Å²) in [6.45, 7) is 2.60. The Kier molecular flexibility index (Phi) is 5.84. The average molecular weight is 416 g/mol. The predicted molar refractivity (Wildman–Crippen MR) is 116 cm³/mol. The van der Waals surface area contributed by atoms with Crippen LogP contribution in [0.5, 0.6) is 0 Å². The van der Waals surface area contributed by atoms with Gasteiger partial charge in [0.2, 0.25) is 12.2 Å². The topological polar surface area (TPSA) is 120 Å². The number of nitrogens with zero attached hydrogens (tertiary/aromatic N) is 7. The highest BCUT2D eigenvalue weighted by Gasteiger charge is 2.22. The summed E-state index contributed by atoms with van der Waals surface area (Å²) in [6.07, 6.45) is 6.61. The predicted octanol–water partition coefficient (Wildman–Crippen LogP) is 1.88. The summed E-state index contributed by atoms with van der Waals surface area (Å²) in [5.41, 5.74) is 1.87. The monoisotopic (exact) mass is 416 g/mol. The van der Waals surface area contributed by atoms with Gasteiger partial charge in [0.25, 0.3) is 0 Å². The molecule has 10 heteroatoms. The fourth-order valence-corrected chi connectivity index (χ4v) is 3.40. The minimum Gasteiger partial charge on any atom is -0.464 e. The second kappa shape index (κ2) is 9.04. The third kappa shape index (κ3) is 4.35. The maximum absolute atomic E-state index is 11.5. The Morgan fingerprint density at radius 3 is 2.68 bits per heavy atom. The van der Waals surface area contributed by atoms with Crippen molar-refractivity contribution in [1.29, 1.82) is 5.26 Å². The van der Waals surface area contributed by atoms with E-state index in [0.29, 0.717) is 38.0 Å². The number of carbonyl (C=O) groups is 1. The second-order valence-corrected chi connectivity index (χ2v) is 6.76. The van der Waals surface area contributed by atoms with Crippen LogP contribution in [0.15, 0.2) is 53.9 Å². The molecule has 1 saturated heterocycles. The van der Waals surface area contributed by atoms with Gasteiger partial charge in [0.15, 0.2) is 5.69 Å². The molecule has 10 nitrogen and oxygen atoms in total. The third-order valence-electron chi connectivity index (χ3n) is 4.98. The van der Waals surface area contributed by atoms with Crippen LogP contribution in [-0.4, -0.2) is 65.1 Å². The van der Waals surface area contributed by atoms with Crippen LogP contribution in [0.3, 0.4) is 0 Å². The standard InChI is InChI=1S/C21H20N8O2/c1-31-20(30)18-12-25-19(13-24-18)28-8-10-29(11-9-28)21(26-14-22)27-17-6-2-5-16-15(17)4-3-7-23-16/h2-7,12-13H,8-11H2,1H3,(H,26,27). The second-order valence-electron chi connectivity index (χ2n) is 6.76. The molecule has 0 radical (unpaired) electrons. The molecule has 3 heterocycles. The maximum Gasteiger partial charge on any atom is 0.358 e. The van der Waals surface area contributed by atoms with Crippen molar-refractivity contribution < 1.29 is 9.53 Å². The molecule has 1 aliphatic heterocycles. The zero-order valence-corrected chi connectivity index (χ0v) is 16.9. The van der Waals surface area contributed by atoms with Crippen molar-refractivity contribution >= 4 is 34.3 Å². The number of pyridine rings is 1. The van der Waals surface area contributed by atoms with Crippen molar-refractivity contribution in [3.8, 4) is 6.19 Å². The van der Waals surface area contributed by atoms with E-state index in [2.05, 4.69) is 34.9 Å². The summed E-state index contributed by atoms with van der Waals surface area (Å²) in [7, 11) is 1.31. The number of fused-ring (bicyclic) bond motifs is 1. The highest BCUT2D eigenvalue weighted by Crippen LogP contribution is 2.22. The van der Waals surface area contributed by atoms with Crippen LogP contribution in [-0.2, 0) is 4.74 Å². The number of piperazine rings is 1. The Morgan fingerprint density at radius 2 is 1.97 bits per heavy atom. The van der Waals surface area contributed by atoms with Gasteiger partial charge in [-0.2, -0.15) is 5.26 Å². The summed E-state index contributed by atoms with van der Waals surface area (Å²) < 4.78 is 4.65. The first-order chi connectivity index (χ1) is 15.2. The minimum absolute atomic E-state index is 0.169. The number of hydrogen-bond donors (Lipinski definition) is 1. The Hall–Kier alpha value is -4.26. The Morgan fingerprint density at radius 1 is 1.13 bits per heavy atom. The molecule has 1 aromatic carbocycles. The van der Waals surface area contributed by atoms with E-state index in [1.165, 1.54) is 13.3 Å². The Labute approximate surface area is 178 Å². The van der Waals surface area contributed by atoms with Crippen molar-refractivity contribution in [2.24, 2.45) is 4.99 Å². The van der Waals surface area contributed by atoms with Crippen molar-refractivity contribution in [2.75, 3.05) is 43.5 Å². The van der Waals surface area contributed by atoms with Gasteiger partial charge >= 0.3 is 5.97 Å². The molecule has 0 saturated carbocycles. The van der Waals surface area contributed by atoms with E-state index in [-0.39, 0.29) is 5.69 Å². The first-order valence-electron chi connectivity index (χ1n) is 9.67. The van der Waals surface area contributed by atoms with E-state index in [4.69, 9.17) is 0 Å². The van der Waals surface area contributed by atoms with Gasteiger partial charge in [0.05, 0.1) is 30.7 Å². The van der Waals surface area contributed by atoms with Gasteiger partial charge in [0.1, 0.15) is 5.82 Å². The molecular weight excluding hydrogens is 396 g/mol. The Balaban J connectivity index is 1.45.